The van der Waals surface area contributed by atoms with Gasteiger partial charge in [0.25, 0.3) is 0 Å². The van der Waals surface area contributed by atoms with Crippen molar-refractivity contribution in [1.29, 1.82) is 0 Å². The summed E-state index contributed by atoms with van der Waals surface area (Å²) in [6, 6.07) is 17.6. The molecule has 0 radical (unpaired) electrons. The molecule has 22 heavy (non-hydrogen) atoms. The molecule has 2 heterocycles. The summed E-state index contributed by atoms with van der Waals surface area (Å²) in [5.74, 6) is 0. The largest absolute Gasteiger partial charge is 0.343 e. The Kier molecular flexibility index (Phi) is 2.76. The minimum atomic E-state index is 1.16. The summed E-state index contributed by atoms with van der Waals surface area (Å²) in [7, 11) is 2.21. The zero-order chi connectivity index (χ0) is 14.7. The van der Waals surface area contributed by atoms with Crippen molar-refractivity contribution in [2.45, 2.75) is 22.6 Å². The lowest BCUT2D eigenvalue weighted by molar-refractivity contribution is 0.899. The minimum Gasteiger partial charge on any atom is -0.343 e. The molecular weight excluding hydrogens is 306 g/mol. The summed E-state index contributed by atoms with van der Waals surface area (Å²) in [5.41, 5.74) is 4.32. The van der Waals surface area contributed by atoms with Crippen LogP contribution in [0.1, 0.15) is 17.7 Å². The summed E-state index contributed by atoms with van der Waals surface area (Å²) in [5, 5.41) is 1.43. The molecule has 0 N–H and O–H groups in total. The fraction of sp³-hybridized carbons (Fsp3) is 0.158. The van der Waals surface area contributed by atoms with Crippen molar-refractivity contribution in [2.24, 2.45) is 7.05 Å². The minimum absolute atomic E-state index is 1.16. The number of aromatic nitrogens is 1. The molecule has 5 rings (SSSR count). The van der Waals surface area contributed by atoms with Crippen molar-refractivity contribution in [3.8, 4) is 0 Å². The van der Waals surface area contributed by atoms with E-state index in [2.05, 4.69) is 60.1 Å². The van der Waals surface area contributed by atoms with Gasteiger partial charge in [0.2, 0.25) is 0 Å². The van der Waals surface area contributed by atoms with Crippen molar-refractivity contribution in [2.75, 3.05) is 0 Å². The zero-order valence-electron chi connectivity index (χ0n) is 12.3. The van der Waals surface area contributed by atoms with E-state index in [1.54, 1.807) is 4.91 Å². The van der Waals surface area contributed by atoms with Gasteiger partial charge in [-0.1, -0.05) is 53.9 Å². The Morgan fingerprint density at radius 1 is 0.864 bits per heavy atom. The van der Waals surface area contributed by atoms with E-state index in [9.17, 15) is 0 Å². The fourth-order valence-electron chi connectivity index (χ4n) is 3.56. The zero-order valence-corrected chi connectivity index (χ0v) is 13.9. The summed E-state index contributed by atoms with van der Waals surface area (Å²) >= 11 is 3.92. The van der Waals surface area contributed by atoms with Gasteiger partial charge in [-0.15, -0.1) is 0 Å². The van der Waals surface area contributed by atoms with Crippen LogP contribution < -0.4 is 0 Å². The highest BCUT2D eigenvalue weighted by Gasteiger charge is 2.29. The quantitative estimate of drug-likeness (QED) is 0.524. The third kappa shape index (κ3) is 1.70. The standard InChI is InChI=1S/C19H15NS2/c1-20-14-7-3-2-6-12(14)13-10-11-17-19(18(13)20)22-16-9-5-4-8-15(16)21-17/h2-9H,10-11H2,1H3. The molecule has 0 spiro atoms. The summed E-state index contributed by atoms with van der Waals surface area (Å²) in [6.07, 6.45) is 2.33. The predicted molar refractivity (Wildman–Crippen MR) is 96.3 cm³/mol. The molecule has 0 saturated carbocycles. The van der Waals surface area contributed by atoms with Crippen LogP contribution in [0.5, 0.6) is 0 Å². The van der Waals surface area contributed by atoms with Crippen molar-refractivity contribution < 1.29 is 0 Å². The fourth-order valence-corrected chi connectivity index (χ4v) is 6.14. The van der Waals surface area contributed by atoms with E-state index in [4.69, 9.17) is 0 Å². The molecule has 0 atom stereocenters. The molecule has 1 aliphatic carbocycles. The Bertz CT molecular complexity index is 949. The molecule has 0 amide bonds. The number of rotatable bonds is 0. The Morgan fingerprint density at radius 2 is 1.59 bits per heavy atom. The molecule has 0 bridgehead atoms. The van der Waals surface area contributed by atoms with Crippen LogP contribution >= 0.6 is 23.5 Å². The number of allylic oxidation sites excluding steroid dienone is 1. The maximum atomic E-state index is 2.39. The monoisotopic (exact) mass is 321 g/mol. The van der Waals surface area contributed by atoms with Crippen LogP contribution in [0.4, 0.5) is 0 Å². The van der Waals surface area contributed by atoms with E-state index >= 15 is 0 Å². The second-order valence-corrected chi connectivity index (χ2v) is 8.00. The first-order valence-electron chi connectivity index (χ1n) is 7.57. The molecule has 1 nitrogen and oxygen atoms in total. The highest BCUT2D eigenvalue weighted by Crippen LogP contribution is 2.55. The Labute approximate surface area is 138 Å². The number of benzene rings is 2. The molecule has 2 aliphatic rings. The third-order valence-electron chi connectivity index (χ3n) is 4.58. The highest BCUT2D eigenvalue weighted by molar-refractivity contribution is 8.13. The Balaban J connectivity index is 1.76. The number of nitrogens with zero attached hydrogens (tertiary/aromatic N) is 1. The van der Waals surface area contributed by atoms with Crippen LogP contribution in [0.3, 0.4) is 0 Å². The maximum absolute atomic E-state index is 2.39. The Hall–Kier alpha value is -1.58. The van der Waals surface area contributed by atoms with Gasteiger partial charge >= 0.3 is 0 Å². The van der Waals surface area contributed by atoms with Crippen molar-refractivity contribution in [1.82, 2.24) is 4.57 Å². The first-order chi connectivity index (χ1) is 10.8. The number of hydrogen-bond acceptors (Lipinski definition) is 2. The SMILES string of the molecule is Cn1c2c(c3ccccc31)CCC1=C2Sc2ccccc2S1. The van der Waals surface area contributed by atoms with E-state index in [0.29, 0.717) is 0 Å². The second-order valence-electron chi connectivity index (χ2n) is 5.81. The number of fused-ring (bicyclic) bond motifs is 5. The molecule has 0 fully saturated rings. The van der Waals surface area contributed by atoms with Gasteiger partial charge < -0.3 is 4.57 Å². The average molecular weight is 321 g/mol. The van der Waals surface area contributed by atoms with Crippen molar-refractivity contribution >= 4 is 39.3 Å². The highest BCUT2D eigenvalue weighted by atomic mass is 32.2. The van der Waals surface area contributed by atoms with E-state index in [1.807, 2.05) is 23.5 Å². The van der Waals surface area contributed by atoms with Gasteiger partial charge in [-0.3, -0.25) is 0 Å². The topological polar surface area (TPSA) is 4.93 Å². The summed E-state index contributed by atoms with van der Waals surface area (Å²) in [4.78, 5) is 5.82. The van der Waals surface area contributed by atoms with E-state index in [0.717, 1.165) is 6.42 Å². The number of hydrogen-bond donors (Lipinski definition) is 0. The molecule has 2 aromatic carbocycles. The molecule has 1 aliphatic heterocycles. The van der Waals surface area contributed by atoms with Gasteiger partial charge in [-0.05, 0) is 36.6 Å². The van der Waals surface area contributed by atoms with Crippen molar-refractivity contribution in [3.63, 3.8) is 0 Å². The molecule has 3 aromatic rings. The first kappa shape index (κ1) is 12.9. The summed E-state index contributed by atoms with van der Waals surface area (Å²) < 4.78 is 2.39. The van der Waals surface area contributed by atoms with E-state index in [-0.39, 0.29) is 0 Å². The van der Waals surface area contributed by atoms with Gasteiger partial charge in [0, 0.05) is 37.6 Å². The lowest BCUT2D eigenvalue weighted by atomic mass is 10.0. The molecule has 1 aromatic heterocycles. The van der Waals surface area contributed by atoms with Gasteiger partial charge in [-0.2, -0.15) is 0 Å². The van der Waals surface area contributed by atoms with E-state index in [1.165, 1.54) is 43.3 Å². The van der Waals surface area contributed by atoms with Crippen LogP contribution in [-0.4, -0.2) is 4.57 Å². The number of aryl methyl sites for hydroxylation is 2. The van der Waals surface area contributed by atoms with Crippen LogP contribution in [-0.2, 0) is 13.5 Å². The van der Waals surface area contributed by atoms with Gasteiger partial charge in [-0.25, -0.2) is 0 Å². The smallest absolute Gasteiger partial charge is 0.0597 e. The first-order valence-corrected chi connectivity index (χ1v) is 9.21. The Morgan fingerprint density at radius 3 is 2.45 bits per heavy atom. The van der Waals surface area contributed by atoms with Gasteiger partial charge in [0.1, 0.15) is 0 Å². The molecular formula is C19H15NS2. The summed E-state index contributed by atoms with van der Waals surface area (Å²) in [6.45, 7) is 0. The number of para-hydroxylation sites is 1. The van der Waals surface area contributed by atoms with Crippen molar-refractivity contribution in [3.05, 3.63) is 64.7 Å². The molecule has 3 heteroatoms. The van der Waals surface area contributed by atoms with Gasteiger partial charge in [0.15, 0.2) is 0 Å². The third-order valence-corrected chi connectivity index (χ3v) is 7.29. The van der Waals surface area contributed by atoms with Crippen LogP contribution in [0.25, 0.3) is 15.8 Å². The van der Waals surface area contributed by atoms with Crippen LogP contribution in [0.2, 0.25) is 0 Å². The van der Waals surface area contributed by atoms with Gasteiger partial charge in [0.05, 0.1) is 5.69 Å². The molecule has 108 valence electrons. The van der Waals surface area contributed by atoms with Crippen LogP contribution in [0.15, 0.2) is 63.2 Å². The maximum Gasteiger partial charge on any atom is 0.0597 e. The average Bonchev–Trinajstić information content (AvgIpc) is 2.87. The second kappa shape index (κ2) is 4.71. The number of thioether (sulfide) groups is 2. The lowest BCUT2D eigenvalue weighted by Crippen LogP contribution is -2.07. The van der Waals surface area contributed by atoms with E-state index < -0.39 is 0 Å². The van der Waals surface area contributed by atoms with Crippen LogP contribution in [0, 0.1) is 0 Å². The molecule has 0 unspecified atom stereocenters. The predicted octanol–water partition coefficient (Wildman–Crippen LogP) is 5.69. The normalized spacial score (nSPS) is 16.4. The molecule has 0 saturated heterocycles. The lowest BCUT2D eigenvalue weighted by Gasteiger charge is -2.26.